The molecule has 1 aromatic rings. The van der Waals surface area contributed by atoms with Crippen LogP contribution in [0, 0.1) is 13.8 Å². The molecule has 5 nitrogen and oxygen atoms in total. The summed E-state index contributed by atoms with van der Waals surface area (Å²) in [6.07, 6.45) is -0.140. The number of aryl methyl sites for hydroxylation is 2. The number of aliphatic carboxylic acids is 1. The molecule has 0 heterocycles. The van der Waals surface area contributed by atoms with Gasteiger partial charge in [0.05, 0.1) is 6.42 Å². The number of carbonyl (C=O) groups excluding carboxylic acids is 1. The fourth-order valence-corrected chi connectivity index (χ4v) is 2.67. The van der Waals surface area contributed by atoms with Crippen LogP contribution in [0.25, 0.3) is 0 Å². The van der Waals surface area contributed by atoms with Crippen molar-refractivity contribution in [2.45, 2.75) is 39.7 Å². The van der Waals surface area contributed by atoms with Crippen LogP contribution in [-0.2, 0) is 4.79 Å². The molecule has 0 unspecified atom stereocenters. The average Bonchev–Trinajstić information content (AvgIpc) is 2.20. The Hall–Kier alpha value is -1.56. The third-order valence-corrected chi connectivity index (χ3v) is 3.24. The number of hydrogen-bond acceptors (Lipinski definition) is 2. The van der Waals surface area contributed by atoms with E-state index in [-0.39, 0.29) is 6.42 Å². The number of halogens is 1. The monoisotopic (exact) mass is 342 g/mol. The van der Waals surface area contributed by atoms with Crippen molar-refractivity contribution in [3.8, 4) is 0 Å². The second kappa shape index (κ2) is 6.26. The number of rotatable bonds is 4. The zero-order valence-electron chi connectivity index (χ0n) is 12.0. The topological polar surface area (TPSA) is 78.4 Å². The van der Waals surface area contributed by atoms with Crippen molar-refractivity contribution in [1.82, 2.24) is 5.32 Å². The Morgan fingerprint density at radius 3 is 2.20 bits per heavy atom. The lowest BCUT2D eigenvalue weighted by Crippen LogP contribution is -2.47. The first-order chi connectivity index (χ1) is 9.10. The number of amides is 2. The maximum Gasteiger partial charge on any atom is 0.319 e. The normalized spacial score (nSPS) is 11.1. The van der Waals surface area contributed by atoms with Gasteiger partial charge < -0.3 is 15.7 Å². The summed E-state index contributed by atoms with van der Waals surface area (Å²) in [6.45, 7) is 7.13. The summed E-state index contributed by atoms with van der Waals surface area (Å²) < 4.78 is 0.949. The highest BCUT2D eigenvalue weighted by Crippen LogP contribution is 2.25. The summed E-state index contributed by atoms with van der Waals surface area (Å²) in [7, 11) is 0. The molecule has 3 N–H and O–H groups in total. The zero-order chi connectivity index (χ0) is 15.5. The number of carbonyl (C=O) groups is 2. The van der Waals surface area contributed by atoms with Gasteiger partial charge in [0, 0.05) is 15.7 Å². The fraction of sp³-hybridized carbons (Fsp3) is 0.429. The van der Waals surface area contributed by atoms with E-state index in [0.717, 1.165) is 21.3 Å². The number of hydrogen-bond donors (Lipinski definition) is 3. The van der Waals surface area contributed by atoms with E-state index in [2.05, 4.69) is 26.6 Å². The van der Waals surface area contributed by atoms with E-state index in [0.29, 0.717) is 0 Å². The van der Waals surface area contributed by atoms with Crippen molar-refractivity contribution in [3.05, 3.63) is 27.7 Å². The fourth-order valence-electron chi connectivity index (χ4n) is 1.98. The molecule has 6 heteroatoms. The van der Waals surface area contributed by atoms with E-state index >= 15 is 0 Å². The van der Waals surface area contributed by atoms with Crippen molar-refractivity contribution in [1.29, 1.82) is 0 Å². The lowest BCUT2D eigenvalue weighted by Gasteiger charge is -2.25. The van der Waals surface area contributed by atoms with Crippen LogP contribution in [0.15, 0.2) is 16.6 Å². The van der Waals surface area contributed by atoms with E-state index in [1.165, 1.54) is 0 Å². The van der Waals surface area contributed by atoms with Crippen LogP contribution in [0.2, 0.25) is 0 Å². The van der Waals surface area contributed by atoms with Crippen LogP contribution in [-0.4, -0.2) is 22.6 Å². The average molecular weight is 343 g/mol. The Balaban J connectivity index is 2.79. The molecule has 110 valence electrons. The molecule has 0 aromatic heterocycles. The third-order valence-electron chi connectivity index (χ3n) is 2.78. The number of benzene rings is 1. The van der Waals surface area contributed by atoms with Gasteiger partial charge in [0.15, 0.2) is 0 Å². The molecule has 1 rings (SSSR count). The van der Waals surface area contributed by atoms with E-state index in [1.54, 1.807) is 13.8 Å². The van der Waals surface area contributed by atoms with Gasteiger partial charge in [-0.15, -0.1) is 0 Å². The molecule has 0 spiro atoms. The van der Waals surface area contributed by atoms with Crippen LogP contribution < -0.4 is 10.6 Å². The third kappa shape index (κ3) is 4.85. The molecule has 0 radical (unpaired) electrons. The van der Waals surface area contributed by atoms with Crippen molar-refractivity contribution < 1.29 is 14.7 Å². The minimum atomic E-state index is -0.952. The van der Waals surface area contributed by atoms with Gasteiger partial charge in [-0.25, -0.2) is 4.79 Å². The number of anilines is 1. The van der Waals surface area contributed by atoms with Gasteiger partial charge >= 0.3 is 12.0 Å². The maximum atomic E-state index is 12.0. The minimum absolute atomic E-state index is 0.140. The van der Waals surface area contributed by atoms with Gasteiger partial charge in [-0.1, -0.05) is 15.9 Å². The molecular weight excluding hydrogens is 324 g/mol. The first kappa shape index (κ1) is 16.5. The second-order valence-corrected chi connectivity index (χ2v) is 6.36. The second-order valence-electron chi connectivity index (χ2n) is 5.45. The molecule has 2 amide bonds. The molecular formula is C14H19BrN2O3. The molecule has 0 fully saturated rings. The van der Waals surface area contributed by atoms with E-state index < -0.39 is 17.5 Å². The maximum absolute atomic E-state index is 12.0. The molecule has 0 bridgehead atoms. The predicted octanol–water partition coefficient (Wildman–Crippen LogP) is 3.44. The number of nitrogens with one attached hydrogen (secondary N) is 2. The van der Waals surface area contributed by atoms with Gasteiger partial charge in [-0.2, -0.15) is 0 Å². The quantitative estimate of drug-likeness (QED) is 0.784. The van der Waals surface area contributed by atoms with Crippen LogP contribution in [0.5, 0.6) is 0 Å². The first-order valence-corrected chi connectivity index (χ1v) is 6.98. The summed E-state index contributed by atoms with van der Waals surface area (Å²) in [4.78, 5) is 22.7. The summed E-state index contributed by atoms with van der Waals surface area (Å²) in [5, 5.41) is 14.2. The molecule has 0 saturated carbocycles. The van der Waals surface area contributed by atoms with Crippen molar-refractivity contribution >= 4 is 33.6 Å². The van der Waals surface area contributed by atoms with Gasteiger partial charge in [-0.3, -0.25) is 4.79 Å². The predicted molar refractivity (Wildman–Crippen MR) is 82.1 cm³/mol. The Labute approximate surface area is 126 Å². The molecule has 0 aliphatic rings. The van der Waals surface area contributed by atoms with Gasteiger partial charge in [0.25, 0.3) is 0 Å². The Morgan fingerprint density at radius 1 is 1.25 bits per heavy atom. The van der Waals surface area contributed by atoms with Crippen LogP contribution >= 0.6 is 15.9 Å². The molecule has 20 heavy (non-hydrogen) atoms. The molecule has 0 atom stereocenters. The Morgan fingerprint density at radius 2 is 1.75 bits per heavy atom. The van der Waals surface area contributed by atoms with Crippen molar-refractivity contribution in [2.24, 2.45) is 0 Å². The smallest absolute Gasteiger partial charge is 0.319 e. The summed E-state index contributed by atoms with van der Waals surface area (Å²) in [5.41, 5.74) is 1.79. The Bertz CT molecular complexity index is 518. The summed E-state index contributed by atoms with van der Waals surface area (Å²) >= 11 is 3.40. The number of carboxylic acids is 1. The summed E-state index contributed by atoms with van der Waals surface area (Å²) in [5.74, 6) is -0.952. The first-order valence-electron chi connectivity index (χ1n) is 6.18. The lowest BCUT2D eigenvalue weighted by atomic mass is 10.0. The lowest BCUT2D eigenvalue weighted by molar-refractivity contribution is -0.138. The molecule has 0 aliphatic heterocycles. The molecule has 1 aromatic carbocycles. The highest BCUT2D eigenvalue weighted by atomic mass is 79.9. The minimum Gasteiger partial charge on any atom is -0.481 e. The summed E-state index contributed by atoms with van der Waals surface area (Å²) in [6, 6.07) is 3.40. The van der Waals surface area contributed by atoms with Crippen molar-refractivity contribution in [2.75, 3.05) is 5.32 Å². The van der Waals surface area contributed by atoms with E-state index in [1.807, 2.05) is 26.0 Å². The Kier molecular flexibility index (Phi) is 5.16. The number of urea groups is 1. The van der Waals surface area contributed by atoms with E-state index in [9.17, 15) is 9.59 Å². The van der Waals surface area contributed by atoms with Crippen molar-refractivity contribution in [3.63, 3.8) is 0 Å². The highest BCUT2D eigenvalue weighted by Gasteiger charge is 2.24. The van der Waals surface area contributed by atoms with Gasteiger partial charge in [0.1, 0.15) is 0 Å². The van der Waals surface area contributed by atoms with Crippen LogP contribution in [0.3, 0.4) is 0 Å². The standard InChI is InChI=1S/C14H19BrN2O3/c1-8-5-10(15)6-9(2)12(8)16-13(20)17-14(3,4)7-11(18)19/h5-6H,7H2,1-4H3,(H,18,19)(H2,16,17,20). The SMILES string of the molecule is Cc1cc(Br)cc(C)c1NC(=O)NC(C)(C)CC(=O)O. The largest absolute Gasteiger partial charge is 0.481 e. The highest BCUT2D eigenvalue weighted by molar-refractivity contribution is 9.10. The zero-order valence-corrected chi connectivity index (χ0v) is 13.6. The number of carboxylic acid groups (broad SMARTS) is 1. The van der Waals surface area contributed by atoms with Gasteiger partial charge in [-0.05, 0) is 51.0 Å². The van der Waals surface area contributed by atoms with E-state index in [4.69, 9.17) is 5.11 Å². The van der Waals surface area contributed by atoms with Gasteiger partial charge in [0.2, 0.25) is 0 Å². The molecule has 0 aliphatic carbocycles. The molecule has 0 saturated heterocycles. The van der Waals surface area contributed by atoms with Crippen LogP contribution in [0.4, 0.5) is 10.5 Å². The van der Waals surface area contributed by atoms with Crippen LogP contribution in [0.1, 0.15) is 31.4 Å².